The fraction of sp³-hybridized carbons (Fsp3) is 0.0588. The number of para-hydroxylation sites is 1. The second-order valence-corrected chi connectivity index (χ2v) is 6.18. The largest absolute Gasteiger partial charge is 0.508 e. The minimum absolute atomic E-state index is 0.215. The molecule has 0 aliphatic rings. The SMILES string of the molecule is Oc1cccc(-n2cc(CSc3c[nH]c4ccccc34)nn2)c1. The van der Waals surface area contributed by atoms with Crippen LogP contribution in [0.3, 0.4) is 0 Å². The lowest BCUT2D eigenvalue weighted by Crippen LogP contribution is -1.93. The van der Waals surface area contributed by atoms with Gasteiger partial charge in [0.1, 0.15) is 5.75 Å². The number of aromatic amines is 1. The first-order chi connectivity index (χ1) is 11.3. The van der Waals surface area contributed by atoms with Crippen LogP contribution in [0.1, 0.15) is 5.69 Å². The summed E-state index contributed by atoms with van der Waals surface area (Å²) in [5.74, 6) is 0.952. The topological polar surface area (TPSA) is 66.7 Å². The van der Waals surface area contributed by atoms with Crippen molar-refractivity contribution in [2.45, 2.75) is 10.6 Å². The van der Waals surface area contributed by atoms with Crippen LogP contribution in [0, 0.1) is 0 Å². The van der Waals surface area contributed by atoms with Crippen molar-refractivity contribution in [2.75, 3.05) is 0 Å². The zero-order valence-corrected chi connectivity index (χ0v) is 13.0. The quantitative estimate of drug-likeness (QED) is 0.562. The standard InChI is InChI=1S/C17H14N4OS/c22-14-5-3-4-13(8-14)21-10-12(19-20-21)11-23-17-9-18-16-7-2-1-6-15(16)17/h1-10,18,22H,11H2. The number of rotatable bonds is 4. The molecule has 2 N–H and O–H groups in total. The summed E-state index contributed by atoms with van der Waals surface area (Å²) in [5.41, 5.74) is 2.82. The summed E-state index contributed by atoms with van der Waals surface area (Å²) in [7, 11) is 0. The predicted octanol–water partition coefficient (Wildman–Crippen LogP) is 3.75. The van der Waals surface area contributed by atoms with E-state index in [-0.39, 0.29) is 5.75 Å². The number of hydrogen-bond acceptors (Lipinski definition) is 4. The highest BCUT2D eigenvalue weighted by atomic mass is 32.2. The molecule has 0 saturated heterocycles. The first kappa shape index (κ1) is 13.9. The maximum Gasteiger partial charge on any atom is 0.117 e. The van der Waals surface area contributed by atoms with Crippen molar-refractivity contribution in [3.05, 3.63) is 66.6 Å². The normalized spacial score (nSPS) is 11.1. The van der Waals surface area contributed by atoms with Gasteiger partial charge in [-0.05, 0) is 18.2 Å². The molecule has 0 aliphatic carbocycles. The number of phenolic OH excluding ortho intramolecular Hbond substituents is 1. The van der Waals surface area contributed by atoms with Crippen molar-refractivity contribution in [2.24, 2.45) is 0 Å². The molecule has 4 rings (SSSR count). The lowest BCUT2D eigenvalue weighted by Gasteiger charge is -1.99. The highest BCUT2D eigenvalue weighted by molar-refractivity contribution is 7.98. The van der Waals surface area contributed by atoms with E-state index >= 15 is 0 Å². The number of nitrogens with zero attached hydrogens (tertiary/aromatic N) is 3. The molecular weight excluding hydrogens is 308 g/mol. The summed E-state index contributed by atoms with van der Waals surface area (Å²) >= 11 is 1.72. The number of aromatic hydroxyl groups is 1. The molecule has 4 aromatic rings. The molecular formula is C17H14N4OS. The summed E-state index contributed by atoms with van der Waals surface area (Å²) < 4.78 is 1.67. The van der Waals surface area contributed by atoms with Crippen LogP contribution in [0.4, 0.5) is 0 Å². The molecule has 5 nitrogen and oxygen atoms in total. The van der Waals surface area contributed by atoms with Crippen LogP contribution in [0.5, 0.6) is 5.75 Å². The van der Waals surface area contributed by atoms with Crippen molar-refractivity contribution in [1.82, 2.24) is 20.0 Å². The third-order valence-electron chi connectivity index (χ3n) is 3.56. The van der Waals surface area contributed by atoms with Gasteiger partial charge in [-0.25, -0.2) is 4.68 Å². The molecule has 0 radical (unpaired) electrons. The molecule has 6 heteroatoms. The van der Waals surface area contributed by atoms with E-state index in [0.29, 0.717) is 0 Å². The van der Waals surface area contributed by atoms with Crippen LogP contribution < -0.4 is 0 Å². The molecule has 23 heavy (non-hydrogen) atoms. The second kappa shape index (κ2) is 5.81. The van der Waals surface area contributed by atoms with Gasteiger partial charge in [0.2, 0.25) is 0 Å². The van der Waals surface area contributed by atoms with Gasteiger partial charge in [-0.3, -0.25) is 0 Å². The Morgan fingerprint density at radius 3 is 2.96 bits per heavy atom. The van der Waals surface area contributed by atoms with Crippen LogP contribution >= 0.6 is 11.8 Å². The van der Waals surface area contributed by atoms with Crippen molar-refractivity contribution >= 4 is 22.7 Å². The Kier molecular flexibility index (Phi) is 3.51. The number of aromatic nitrogens is 4. The maximum absolute atomic E-state index is 9.54. The fourth-order valence-electron chi connectivity index (χ4n) is 2.44. The number of nitrogens with one attached hydrogen (secondary N) is 1. The van der Waals surface area contributed by atoms with Gasteiger partial charge in [0, 0.05) is 33.8 Å². The molecule has 0 atom stereocenters. The van der Waals surface area contributed by atoms with E-state index in [9.17, 15) is 5.11 Å². The highest BCUT2D eigenvalue weighted by Gasteiger charge is 2.07. The monoisotopic (exact) mass is 322 g/mol. The average molecular weight is 322 g/mol. The lowest BCUT2D eigenvalue weighted by atomic mass is 10.2. The van der Waals surface area contributed by atoms with Gasteiger partial charge in [-0.15, -0.1) is 16.9 Å². The highest BCUT2D eigenvalue weighted by Crippen LogP contribution is 2.29. The van der Waals surface area contributed by atoms with Crippen LogP contribution in [-0.4, -0.2) is 25.1 Å². The van der Waals surface area contributed by atoms with E-state index in [1.807, 2.05) is 30.6 Å². The van der Waals surface area contributed by atoms with Gasteiger partial charge in [0.15, 0.2) is 0 Å². The van der Waals surface area contributed by atoms with E-state index in [1.54, 1.807) is 34.6 Å². The minimum atomic E-state index is 0.215. The van der Waals surface area contributed by atoms with E-state index < -0.39 is 0 Å². The molecule has 2 aromatic heterocycles. The van der Waals surface area contributed by atoms with Gasteiger partial charge >= 0.3 is 0 Å². The first-order valence-corrected chi connectivity index (χ1v) is 8.18. The van der Waals surface area contributed by atoms with E-state index in [2.05, 4.69) is 27.4 Å². The summed E-state index contributed by atoms with van der Waals surface area (Å²) in [4.78, 5) is 4.47. The van der Waals surface area contributed by atoms with Crippen molar-refractivity contribution < 1.29 is 5.11 Å². The number of H-pyrrole nitrogens is 1. The number of thioether (sulfide) groups is 1. The van der Waals surface area contributed by atoms with Gasteiger partial charge < -0.3 is 10.1 Å². The maximum atomic E-state index is 9.54. The molecule has 0 amide bonds. The Morgan fingerprint density at radius 1 is 1.13 bits per heavy atom. The fourth-order valence-corrected chi connectivity index (χ4v) is 3.35. The molecule has 0 saturated carbocycles. The molecule has 0 unspecified atom stereocenters. The number of phenols is 1. The Bertz CT molecular complexity index is 960. The van der Waals surface area contributed by atoms with E-state index in [4.69, 9.17) is 0 Å². The van der Waals surface area contributed by atoms with Crippen LogP contribution in [-0.2, 0) is 5.75 Å². The average Bonchev–Trinajstić information content (AvgIpc) is 3.20. The molecule has 2 heterocycles. The molecule has 0 bridgehead atoms. The number of fused-ring (bicyclic) bond motifs is 1. The Balaban J connectivity index is 1.52. The third-order valence-corrected chi connectivity index (χ3v) is 4.65. The summed E-state index contributed by atoms with van der Waals surface area (Å²) in [5, 5.41) is 19.1. The van der Waals surface area contributed by atoms with Gasteiger partial charge in [0.25, 0.3) is 0 Å². The molecule has 0 spiro atoms. The van der Waals surface area contributed by atoms with Crippen molar-refractivity contribution in [3.8, 4) is 11.4 Å². The lowest BCUT2D eigenvalue weighted by molar-refractivity contribution is 0.474. The van der Waals surface area contributed by atoms with Crippen molar-refractivity contribution in [1.29, 1.82) is 0 Å². The summed E-state index contributed by atoms with van der Waals surface area (Å²) in [6.45, 7) is 0. The van der Waals surface area contributed by atoms with Gasteiger partial charge in [0.05, 0.1) is 17.6 Å². The third kappa shape index (κ3) is 2.80. The molecule has 0 aliphatic heterocycles. The van der Waals surface area contributed by atoms with Gasteiger partial charge in [-0.1, -0.05) is 29.5 Å². The van der Waals surface area contributed by atoms with Crippen LogP contribution in [0.15, 0.2) is 65.8 Å². The zero-order valence-electron chi connectivity index (χ0n) is 12.2. The molecule has 2 aromatic carbocycles. The van der Waals surface area contributed by atoms with Crippen LogP contribution in [0.2, 0.25) is 0 Å². The molecule has 114 valence electrons. The van der Waals surface area contributed by atoms with Crippen molar-refractivity contribution in [3.63, 3.8) is 0 Å². The minimum Gasteiger partial charge on any atom is -0.508 e. The Morgan fingerprint density at radius 2 is 2.04 bits per heavy atom. The Labute approximate surface area is 137 Å². The summed E-state index contributed by atoms with van der Waals surface area (Å²) in [6.07, 6.45) is 3.91. The smallest absolute Gasteiger partial charge is 0.117 e. The molecule has 0 fully saturated rings. The van der Waals surface area contributed by atoms with E-state index in [0.717, 1.165) is 22.7 Å². The number of hydrogen-bond donors (Lipinski definition) is 2. The van der Waals surface area contributed by atoms with E-state index in [1.165, 1.54) is 10.3 Å². The summed E-state index contributed by atoms with van der Waals surface area (Å²) in [6, 6.07) is 15.2. The Hall–Kier alpha value is -2.73. The predicted molar refractivity (Wildman–Crippen MR) is 90.9 cm³/mol. The number of benzene rings is 2. The van der Waals surface area contributed by atoms with Crippen LogP contribution in [0.25, 0.3) is 16.6 Å². The zero-order chi connectivity index (χ0) is 15.6. The second-order valence-electron chi connectivity index (χ2n) is 5.16. The first-order valence-electron chi connectivity index (χ1n) is 7.19. The van der Waals surface area contributed by atoms with Gasteiger partial charge in [-0.2, -0.15) is 0 Å².